The van der Waals surface area contributed by atoms with E-state index in [4.69, 9.17) is 10.5 Å². The maximum Gasteiger partial charge on any atom is 0.242 e. The standard InChI is InChI=1S/C17H19N5OS/c18-14-15(22-17-21-12-8-4-5-9-13(12)24-17)19-10-20-16(14)23-11-6-2-1-3-7-11/h4-5,8-11H,1-3,6-7,18H2,(H,19,20,21,22). The van der Waals surface area contributed by atoms with Crippen molar-refractivity contribution in [2.75, 3.05) is 11.1 Å². The van der Waals surface area contributed by atoms with Crippen LogP contribution in [0.2, 0.25) is 0 Å². The second kappa shape index (κ2) is 6.60. The minimum absolute atomic E-state index is 0.200. The molecule has 3 N–H and O–H groups in total. The molecule has 0 saturated heterocycles. The second-order valence-electron chi connectivity index (χ2n) is 5.93. The van der Waals surface area contributed by atoms with Gasteiger partial charge in [-0.25, -0.2) is 9.97 Å². The number of nitrogens with two attached hydrogens (primary N) is 1. The Hall–Kier alpha value is -2.41. The third kappa shape index (κ3) is 3.12. The summed E-state index contributed by atoms with van der Waals surface area (Å²) in [6.07, 6.45) is 7.48. The smallest absolute Gasteiger partial charge is 0.242 e. The van der Waals surface area contributed by atoms with Crippen LogP contribution < -0.4 is 15.8 Å². The lowest BCUT2D eigenvalue weighted by Crippen LogP contribution is -2.21. The molecule has 1 aromatic carbocycles. The normalized spacial score (nSPS) is 15.5. The van der Waals surface area contributed by atoms with Gasteiger partial charge in [0.15, 0.2) is 10.9 Å². The van der Waals surface area contributed by atoms with Crippen LogP contribution in [-0.2, 0) is 0 Å². The maximum absolute atomic E-state index is 6.21. The third-order valence-electron chi connectivity index (χ3n) is 4.20. The first-order valence-corrected chi connectivity index (χ1v) is 9.01. The summed E-state index contributed by atoms with van der Waals surface area (Å²) in [7, 11) is 0. The van der Waals surface area contributed by atoms with Crippen LogP contribution in [0, 0.1) is 0 Å². The van der Waals surface area contributed by atoms with Gasteiger partial charge in [0.25, 0.3) is 0 Å². The molecule has 0 amide bonds. The molecule has 3 aromatic rings. The Balaban J connectivity index is 1.55. The van der Waals surface area contributed by atoms with E-state index in [0.29, 0.717) is 17.4 Å². The van der Waals surface area contributed by atoms with Gasteiger partial charge in [-0.1, -0.05) is 29.9 Å². The highest BCUT2D eigenvalue weighted by atomic mass is 32.1. The van der Waals surface area contributed by atoms with Crippen molar-refractivity contribution in [2.24, 2.45) is 0 Å². The molecule has 0 atom stereocenters. The average molecular weight is 341 g/mol. The van der Waals surface area contributed by atoms with E-state index < -0.39 is 0 Å². The molecule has 1 aliphatic carbocycles. The fourth-order valence-corrected chi connectivity index (χ4v) is 3.81. The molecule has 0 radical (unpaired) electrons. The summed E-state index contributed by atoms with van der Waals surface area (Å²) in [5, 5.41) is 3.95. The molecule has 0 aliphatic heterocycles. The predicted molar refractivity (Wildman–Crippen MR) is 96.8 cm³/mol. The van der Waals surface area contributed by atoms with Crippen molar-refractivity contribution in [3.63, 3.8) is 0 Å². The SMILES string of the molecule is Nc1c(Nc2nc3ccccc3s2)ncnc1OC1CCCCC1. The quantitative estimate of drug-likeness (QED) is 0.742. The van der Waals surface area contributed by atoms with Crippen LogP contribution in [0.25, 0.3) is 10.2 Å². The average Bonchev–Trinajstić information content (AvgIpc) is 3.02. The number of nitrogen functional groups attached to an aromatic ring is 1. The molecule has 24 heavy (non-hydrogen) atoms. The molecule has 1 fully saturated rings. The molecular weight excluding hydrogens is 322 g/mol. The molecule has 124 valence electrons. The summed E-state index contributed by atoms with van der Waals surface area (Å²) >= 11 is 1.56. The van der Waals surface area contributed by atoms with E-state index in [1.165, 1.54) is 25.6 Å². The van der Waals surface area contributed by atoms with E-state index in [1.54, 1.807) is 11.3 Å². The van der Waals surface area contributed by atoms with Crippen molar-refractivity contribution < 1.29 is 4.74 Å². The van der Waals surface area contributed by atoms with Gasteiger partial charge in [0.2, 0.25) is 5.88 Å². The zero-order valence-electron chi connectivity index (χ0n) is 13.2. The van der Waals surface area contributed by atoms with E-state index in [0.717, 1.165) is 28.2 Å². The topological polar surface area (TPSA) is 86.0 Å². The fourth-order valence-electron chi connectivity index (χ4n) is 2.94. The van der Waals surface area contributed by atoms with Crippen LogP contribution in [0.15, 0.2) is 30.6 Å². The highest BCUT2D eigenvalue weighted by Crippen LogP contribution is 2.33. The first-order chi connectivity index (χ1) is 11.8. The van der Waals surface area contributed by atoms with Gasteiger partial charge < -0.3 is 15.8 Å². The van der Waals surface area contributed by atoms with E-state index in [-0.39, 0.29) is 6.10 Å². The van der Waals surface area contributed by atoms with Gasteiger partial charge in [0.05, 0.1) is 10.2 Å². The summed E-state index contributed by atoms with van der Waals surface area (Å²) in [6.45, 7) is 0. The number of nitrogens with one attached hydrogen (secondary N) is 1. The Morgan fingerprint density at radius 2 is 1.96 bits per heavy atom. The Kier molecular flexibility index (Phi) is 4.17. The summed E-state index contributed by atoms with van der Waals surface area (Å²) in [6, 6.07) is 8.00. The van der Waals surface area contributed by atoms with Gasteiger partial charge in [0, 0.05) is 0 Å². The minimum atomic E-state index is 0.200. The van der Waals surface area contributed by atoms with Crippen molar-refractivity contribution in [1.29, 1.82) is 0 Å². The second-order valence-corrected chi connectivity index (χ2v) is 6.96. The fraction of sp³-hybridized carbons (Fsp3) is 0.353. The summed E-state index contributed by atoms with van der Waals surface area (Å²) in [5.74, 6) is 0.996. The number of hydrogen-bond acceptors (Lipinski definition) is 7. The van der Waals surface area contributed by atoms with E-state index >= 15 is 0 Å². The summed E-state index contributed by atoms with van der Waals surface area (Å²) < 4.78 is 7.11. The molecule has 1 saturated carbocycles. The van der Waals surface area contributed by atoms with Crippen molar-refractivity contribution in [3.8, 4) is 5.88 Å². The van der Waals surface area contributed by atoms with E-state index in [1.807, 2.05) is 24.3 Å². The first kappa shape index (κ1) is 15.1. The number of anilines is 3. The largest absolute Gasteiger partial charge is 0.473 e. The van der Waals surface area contributed by atoms with Crippen molar-refractivity contribution in [1.82, 2.24) is 15.0 Å². The Morgan fingerprint density at radius 3 is 2.79 bits per heavy atom. The molecule has 1 aliphatic rings. The monoisotopic (exact) mass is 341 g/mol. The number of hydrogen-bond donors (Lipinski definition) is 2. The lowest BCUT2D eigenvalue weighted by atomic mass is 9.98. The number of benzene rings is 1. The van der Waals surface area contributed by atoms with Crippen LogP contribution in [0.4, 0.5) is 16.6 Å². The number of rotatable bonds is 4. The van der Waals surface area contributed by atoms with Crippen molar-refractivity contribution in [3.05, 3.63) is 30.6 Å². The van der Waals surface area contributed by atoms with Crippen LogP contribution in [0.3, 0.4) is 0 Å². The lowest BCUT2D eigenvalue weighted by molar-refractivity contribution is 0.149. The third-order valence-corrected chi connectivity index (χ3v) is 5.15. The highest BCUT2D eigenvalue weighted by Gasteiger charge is 2.18. The Bertz CT molecular complexity index is 811. The zero-order chi connectivity index (χ0) is 16.4. The molecule has 4 rings (SSSR count). The number of thiazole rings is 1. The molecule has 0 unspecified atom stereocenters. The van der Waals surface area contributed by atoms with Gasteiger partial charge >= 0.3 is 0 Å². The summed E-state index contributed by atoms with van der Waals surface area (Å²) in [5.41, 5.74) is 7.59. The minimum Gasteiger partial charge on any atom is -0.473 e. The molecule has 6 nitrogen and oxygen atoms in total. The lowest BCUT2D eigenvalue weighted by Gasteiger charge is -2.23. The van der Waals surface area contributed by atoms with Crippen molar-refractivity contribution >= 4 is 38.2 Å². The van der Waals surface area contributed by atoms with Crippen molar-refractivity contribution in [2.45, 2.75) is 38.2 Å². The molecule has 0 bridgehead atoms. The number of ether oxygens (including phenoxy) is 1. The highest BCUT2D eigenvalue weighted by molar-refractivity contribution is 7.22. The molecule has 7 heteroatoms. The Labute approximate surface area is 144 Å². The first-order valence-electron chi connectivity index (χ1n) is 8.19. The Morgan fingerprint density at radius 1 is 1.12 bits per heavy atom. The predicted octanol–water partition coefficient (Wildman–Crippen LogP) is 4.12. The number of para-hydroxylation sites is 1. The number of nitrogens with zero attached hydrogens (tertiary/aromatic N) is 3. The van der Waals surface area contributed by atoms with Crippen LogP contribution >= 0.6 is 11.3 Å². The maximum atomic E-state index is 6.21. The van der Waals surface area contributed by atoms with Crippen LogP contribution in [0.5, 0.6) is 5.88 Å². The molecule has 0 spiro atoms. The van der Waals surface area contributed by atoms with Gasteiger partial charge in [-0.3, -0.25) is 0 Å². The van der Waals surface area contributed by atoms with Gasteiger partial charge in [-0.15, -0.1) is 0 Å². The molecule has 2 heterocycles. The number of aromatic nitrogens is 3. The zero-order valence-corrected chi connectivity index (χ0v) is 14.1. The van der Waals surface area contributed by atoms with Crippen LogP contribution in [0.1, 0.15) is 32.1 Å². The van der Waals surface area contributed by atoms with Crippen LogP contribution in [-0.4, -0.2) is 21.1 Å². The van der Waals surface area contributed by atoms with E-state index in [2.05, 4.69) is 20.3 Å². The van der Waals surface area contributed by atoms with E-state index in [9.17, 15) is 0 Å². The molecular formula is C17H19N5OS. The molecule has 2 aromatic heterocycles. The van der Waals surface area contributed by atoms with Gasteiger partial charge in [-0.05, 0) is 37.8 Å². The number of fused-ring (bicyclic) bond motifs is 1. The summed E-state index contributed by atoms with van der Waals surface area (Å²) in [4.78, 5) is 13.0. The van der Waals surface area contributed by atoms with Gasteiger partial charge in [-0.2, -0.15) is 4.98 Å². The van der Waals surface area contributed by atoms with Gasteiger partial charge in [0.1, 0.15) is 18.1 Å².